The van der Waals surface area contributed by atoms with Gasteiger partial charge in [0.05, 0.1) is 5.69 Å². The first-order chi connectivity index (χ1) is 9.80. The average molecular weight is 284 g/mol. The van der Waals surface area contributed by atoms with Gasteiger partial charge in [-0.25, -0.2) is 4.98 Å². The summed E-state index contributed by atoms with van der Waals surface area (Å²) in [7, 11) is 0. The number of nitrogens with zero attached hydrogens (tertiary/aromatic N) is 2. The molecule has 3 rings (SSSR count). The first kappa shape index (κ1) is 13.1. The van der Waals surface area contributed by atoms with E-state index in [1.807, 2.05) is 12.1 Å². The topological polar surface area (TPSA) is 45.9 Å². The molecular weight excluding hydrogens is 268 g/mol. The minimum Gasteiger partial charge on any atom is -0.486 e. The molecule has 1 fully saturated rings. The van der Waals surface area contributed by atoms with E-state index in [-0.39, 0.29) is 0 Å². The van der Waals surface area contributed by atoms with Crippen molar-refractivity contribution in [1.82, 2.24) is 4.98 Å². The van der Waals surface area contributed by atoms with Crippen molar-refractivity contribution in [1.29, 1.82) is 5.26 Å². The lowest BCUT2D eigenvalue weighted by atomic mass is 10.2. The van der Waals surface area contributed by atoms with Gasteiger partial charge < -0.3 is 4.74 Å². The third kappa shape index (κ3) is 2.83. The maximum atomic E-state index is 9.13. The number of aromatic nitrogens is 1. The van der Waals surface area contributed by atoms with Gasteiger partial charge in [-0.2, -0.15) is 5.26 Å². The summed E-state index contributed by atoms with van der Waals surface area (Å²) < 4.78 is 5.74. The predicted molar refractivity (Wildman–Crippen MR) is 79.0 cm³/mol. The second-order valence-electron chi connectivity index (χ2n) is 4.99. The number of nitriles is 1. The van der Waals surface area contributed by atoms with Crippen molar-refractivity contribution in [2.45, 2.75) is 38.7 Å². The summed E-state index contributed by atoms with van der Waals surface area (Å²) in [5.74, 6) is 1.36. The summed E-state index contributed by atoms with van der Waals surface area (Å²) in [5, 5.41) is 10.0. The van der Waals surface area contributed by atoms with E-state index in [0.29, 0.717) is 12.5 Å². The van der Waals surface area contributed by atoms with Crippen LogP contribution in [0.5, 0.6) is 5.75 Å². The number of thiazole rings is 1. The Balaban J connectivity index is 1.67. The lowest BCUT2D eigenvalue weighted by molar-refractivity contribution is 0.305. The van der Waals surface area contributed by atoms with Crippen molar-refractivity contribution in [3.05, 3.63) is 45.4 Å². The highest BCUT2D eigenvalue weighted by atomic mass is 32.1. The van der Waals surface area contributed by atoms with Crippen molar-refractivity contribution in [3.8, 4) is 11.8 Å². The molecule has 1 aliphatic rings. The van der Waals surface area contributed by atoms with Crippen LogP contribution in [-0.2, 0) is 13.0 Å². The van der Waals surface area contributed by atoms with E-state index in [1.165, 1.54) is 16.9 Å². The van der Waals surface area contributed by atoms with Crippen LogP contribution in [0.1, 0.15) is 46.8 Å². The number of ether oxygens (including phenoxy) is 1. The Hall–Kier alpha value is -1.86. The molecule has 1 aromatic carbocycles. The number of rotatable bonds is 5. The van der Waals surface area contributed by atoms with E-state index in [1.54, 1.807) is 0 Å². The molecular formula is C16H16N2OS. The number of hydrogen-bond donors (Lipinski definition) is 0. The summed E-state index contributed by atoms with van der Waals surface area (Å²) in [6.45, 7) is 2.58. The lowest BCUT2D eigenvalue weighted by Crippen LogP contribution is -1.95. The molecule has 0 bridgehead atoms. The van der Waals surface area contributed by atoms with E-state index >= 15 is 0 Å². The van der Waals surface area contributed by atoms with E-state index in [2.05, 4.69) is 30.1 Å². The molecule has 1 saturated carbocycles. The van der Waals surface area contributed by atoms with Gasteiger partial charge in [-0.1, -0.05) is 19.1 Å². The van der Waals surface area contributed by atoms with E-state index in [0.717, 1.165) is 40.6 Å². The van der Waals surface area contributed by atoms with Crippen LogP contribution in [0.3, 0.4) is 0 Å². The molecule has 0 aliphatic heterocycles. The van der Waals surface area contributed by atoms with Gasteiger partial charge in [-0.05, 0) is 37.0 Å². The maximum absolute atomic E-state index is 9.13. The van der Waals surface area contributed by atoms with Crippen molar-refractivity contribution in [2.24, 2.45) is 0 Å². The minimum absolute atomic E-state index is 0.442. The molecule has 0 unspecified atom stereocenters. The van der Waals surface area contributed by atoms with E-state index < -0.39 is 0 Å². The smallest absolute Gasteiger partial charge is 0.140 e. The Kier molecular flexibility index (Phi) is 3.70. The summed E-state index contributed by atoms with van der Waals surface area (Å²) >= 11 is 1.46. The van der Waals surface area contributed by atoms with Crippen LogP contribution in [0.15, 0.2) is 24.3 Å². The highest BCUT2D eigenvalue weighted by Crippen LogP contribution is 2.42. The van der Waals surface area contributed by atoms with Crippen molar-refractivity contribution < 1.29 is 4.74 Å². The normalized spacial score (nSPS) is 14.0. The minimum atomic E-state index is 0.442. The molecule has 4 heteroatoms. The molecule has 0 atom stereocenters. The molecule has 0 radical (unpaired) electrons. The van der Waals surface area contributed by atoms with Gasteiger partial charge in [0.1, 0.15) is 28.3 Å². The molecule has 0 spiro atoms. The van der Waals surface area contributed by atoms with Crippen molar-refractivity contribution >= 4 is 11.3 Å². The monoisotopic (exact) mass is 284 g/mol. The van der Waals surface area contributed by atoms with Gasteiger partial charge in [0, 0.05) is 5.92 Å². The van der Waals surface area contributed by atoms with Gasteiger partial charge in [0.25, 0.3) is 0 Å². The second-order valence-corrected chi connectivity index (χ2v) is 6.08. The van der Waals surface area contributed by atoms with Gasteiger partial charge in [0.15, 0.2) is 0 Å². The zero-order valence-corrected chi connectivity index (χ0v) is 12.2. The fraction of sp³-hybridized carbons (Fsp3) is 0.375. The third-order valence-corrected chi connectivity index (χ3v) is 4.41. The van der Waals surface area contributed by atoms with Crippen LogP contribution in [0, 0.1) is 11.3 Å². The molecule has 1 heterocycles. The van der Waals surface area contributed by atoms with E-state index in [4.69, 9.17) is 10.00 Å². The second kappa shape index (κ2) is 5.64. The van der Waals surface area contributed by atoms with Crippen molar-refractivity contribution in [2.75, 3.05) is 0 Å². The first-order valence-electron chi connectivity index (χ1n) is 6.91. The molecule has 0 saturated heterocycles. The Bertz CT molecular complexity index is 635. The van der Waals surface area contributed by atoms with Gasteiger partial charge in [-0.3, -0.25) is 0 Å². The Labute approximate surface area is 122 Å². The van der Waals surface area contributed by atoms with Crippen LogP contribution < -0.4 is 4.74 Å². The SMILES string of the molecule is CCc1ccc(OCc2nc(C3CC3)c(C#N)s2)cc1. The standard InChI is InChI=1S/C16H16N2OS/c1-2-11-3-7-13(8-4-11)19-10-15-18-16(12-5-6-12)14(9-17)20-15/h3-4,7-8,12H,2,5-6,10H2,1H3. The highest BCUT2D eigenvalue weighted by molar-refractivity contribution is 7.12. The van der Waals surface area contributed by atoms with E-state index in [9.17, 15) is 0 Å². The first-order valence-corrected chi connectivity index (χ1v) is 7.73. The maximum Gasteiger partial charge on any atom is 0.140 e. The fourth-order valence-corrected chi connectivity index (χ4v) is 2.98. The molecule has 0 amide bonds. The zero-order chi connectivity index (χ0) is 13.9. The van der Waals surface area contributed by atoms with Gasteiger partial charge in [-0.15, -0.1) is 11.3 Å². The Morgan fingerprint density at radius 2 is 2.10 bits per heavy atom. The quantitative estimate of drug-likeness (QED) is 0.832. The molecule has 0 N–H and O–H groups in total. The van der Waals surface area contributed by atoms with Crippen LogP contribution >= 0.6 is 11.3 Å². The largest absolute Gasteiger partial charge is 0.486 e. The lowest BCUT2D eigenvalue weighted by Gasteiger charge is -2.04. The average Bonchev–Trinajstić information content (AvgIpc) is 3.26. The predicted octanol–water partition coefficient (Wildman–Crippen LogP) is 4.03. The van der Waals surface area contributed by atoms with Crippen LogP contribution in [0.25, 0.3) is 0 Å². The third-order valence-electron chi connectivity index (χ3n) is 3.46. The molecule has 3 nitrogen and oxygen atoms in total. The van der Waals surface area contributed by atoms with Gasteiger partial charge >= 0.3 is 0 Å². The van der Waals surface area contributed by atoms with Crippen molar-refractivity contribution in [3.63, 3.8) is 0 Å². The number of benzene rings is 1. The summed E-state index contributed by atoms with van der Waals surface area (Å²) in [6.07, 6.45) is 3.36. The summed E-state index contributed by atoms with van der Waals surface area (Å²) in [4.78, 5) is 5.32. The molecule has 1 aromatic heterocycles. The summed E-state index contributed by atoms with van der Waals surface area (Å²) in [6, 6.07) is 10.4. The zero-order valence-electron chi connectivity index (χ0n) is 11.4. The highest BCUT2D eigenvalue weighted by Gasteiger charge is 2.29. The van der Waals surface area contributed by atoms with Crippen LogP contribution in [0.4, 0.5) is 0 Å². The Morgan fingerprint density at radius 3 is 2.70 bits per heavy atom. The number of aryl methyl sites for hydroxylation is 1. The molecule has 2 aromatic rings. The fourth-order valence-electron chi connectivity index (χ4n) is 2.12. The molecule has 20 heavy (non-hydrogen) atoms. The van der Waals surface area contributed by atoms with Crippen LogP contribution in [-0.4, -0.2) is 4.98 Å². The van der Waals surface area contributed by atoms with Crippen LogP contribution in [0.2, 0.25) is 0 Å². The Morgan fingerprint density at radius 1 is 1.35 bits per heavy atom. The molecule has 102 valence electrons. The summed E-state index contributed by atoms with van der Waals surface area (Å²) in [5.41, 5.74) is 2.28. The van der Waals surface area contributed by atoms with Gasteiger partial charge in [0.2, 0.25) is 0 Å². The number of hydrogen-bond acceptors (Lipinski definition) is 4. The molecule has 1 aliphatic carbocycles.